The van der Waals surface area contributed by atoms with Crippen LogP contribution >= 0.6 is 0 Å². The lowest BCUT2D eigenvalue weighted by molar-refractivity contribution is -0.131. The van der Waals surface area contributed by atoms with Crippen LogP contribution in [0.2, 0.25) is 0 Å². The molecule has 0 radical (unpaired) electrons. The SMILES string of the molecule is CCOC1CCC(OCCCC(=O)NC2CC(C(=O)C(C)C)C2)CC1. The smallest absolute Gasteiger partial charge is 0.220 e. The van der Waals surface area contributed by atoms with Crippen molar-refractivity contribution in [1.82, 2.24) is 5.32 Å². The molecule has 0 bridgehead atoms. The lowest BCUT2D eigenvalue weighted by Crippen LogP contribution is -2.47. The van der Waals surface area contributed by atoms with Gasteiger partial charge in [-0.05, 0) is 51.9 Å². The van der Waals surface area contributed by atoms with Crippen LogP contribution in [0.5, 0.6) is 0 Å². The minimum Gasteiger partial charge on any atom is -0.379 e. The average Bonchev–Trinajstić information content (AvgIpc) is 2.55. The number of carbonyl (C=O) groups excluding carboxylic acids is 2. The zero-order chi connectivity index (χ0) is 18.2. The van der Waals surface area contributed by atoms with E-state index < -0.39 is 0 Å². The number of amides is 1. The van der Waals surface area contributed by atoms with Gasteiger partial charge in [0.2, 0.25) is 5.91 Å². The number of carbonyl (C=O) groups is 2. The lowest BCUT2D eigenvalue weighted by Gasteiger charge is -2.35. The fraction of sp³-hybridized carbons (Fsp3) is 0.900. The fourth-order valence-electron chi connectivity index (χ4n) is 3.82. The highest BCUT2D eigenvalue weighted by atomic mass is 16.5. The largest absolute Gasteiger partial charge is 0.379 e. The van der Waals surface area contributed by atoms with Gasteiger partial charge in [-0.2, -0.15) is 0 Å². The molecule has 5 heteroatoms. The Morgan fingerprint density at radius 1 is 1.04 bits per heavy atom. The maximum atomic E-state index is 12.0. The van der Waals surface area contributed by atoms with Gasteiger partial charge in [-0.3, -0.25) is 9.59 Å². The van der Waals surface area contributed by atoms with E-state index in [9.17, 15) is 9.59 Å². The number of Topliss-reactive ketones (excluding diaryl/α,β-unsaturated/α-hetero) is 1. The van der Waals surface area contributed by atoms with Crippen molar-refractivity contribution < 1.29 is 19.1 Å². The van der Waals surface area contributed by atoms with E-state index in [-0.39, 0.29) is 23.8 Å². The molecule has 5 nitrogen and oxygen atoms in total. The molecule has 0 unspecified atom stereocenters. The van der Waals surface area contributed by atoms with E-state index in [4.69, 9.17) is 9.47 Å². The lowest BCUT2D eigenvalue weighted by atomic mass is 9.75. The van der Waals surface area contributed by atoms with E-state index in [0.29, 0.717) is 31.0 Å². The van der Waals surface area contributed by atoms with Gasteiger partial charge < -0.3 is 14.8 Å². The van der Waals surface area contributed by atoms with Gasteiger partial charge in [0.15, 0.2) is 0 Å². The van der Waals surface area contributed by atoms with Gasteiger partial charge in [-0.1, -0.05) is 13.8 Å². The number of hydrogen-bond acceptors (Lipinski definition) is 4. The molecule has 2 aliphatic rings. The molecule has 2 rings (SSSR count). The molecular weight excluding hydrogens is 318 g/mol. The van der Waals surface area contributed by atoms with E-state index in [1.807, 2.05) is 20.8 Å². The summed E-state index contributed by atoms with van der Waals surface area (Å²) in [6.45, 7) is 7.36. The highest BCUT2D eigenvalue weighted by molar-refractivity contribution is 5.84. The molecule has 0 atom stereocenters. The van der Waals surface area contributed by atoms with E-state index >= 15 is 0 Å². The number of hydrogen-bond donors (Lipinski definition) is 1. The van der Waals surface area contributed by atoms with Gasteiger partial charge in [0.25, 0.3) is 0 Å². The Kier molecular flexibility index (Phi) is 8.37. The molecular formula is C20H35NO4. The summed E-state index contributed by atoms with van der Waals surface area (Å²) in [5.74, 6) is 0.671. The second-order valence-electron chi connectivity index (χ2n) is 7.82. The van der Waals surface area contributed by atoms with Gasteiger partial charge >= 0.3 is 0 Å². The number of rotatable bonds is 10. The molecule has 0 aromatic heterocycles. The van der Waals surface area contributed by atoms with E-state index in [1.165, 1.54) is 0 Å². The second-order valence-corrected chi connectivity index (χ2v) is 7.82. The van der Waals surface area contributed by atoms with Crippen LogP contribution in [0, 0.1) is 11.8 Å². The molecule has 2 saturated carbocycles. The zero-order valence-electron chi connectivity index (χ0n) is 16.1. The van der Waals surface area contributed by atoms with Gasteiger partial charge in [0.1, 0.15) is 5.78 Å². The first-order valence-corrected chi connectivity index (χ1v) is 10.1. The summed E-state index contributed by atoms with van der Waals surface area (Å²) in [6.07, 6.45) is 7.90. The summed E-state index contributed by atoms with van der Waals surface area (Å²) in [7, 11) is 0. The van der Waals surface area contributed by atoms with Crippen molar-refractivity contribution in [3.8, 4) is 0 Å². The highest BCUT2D eigenvalue weighted by Gasteiger charge is 2.35. The topological polar surface area (TPSA) is 64.6 Å². The van der Waals surface area contributed by atoms with Crippen LogP contribution in [0.25, 0.3) is 0 Å². The van der Waals surface area contributed by atoms with Crippen LogP contribution in [0.15, 0.2) is 0 Å². The molecule has 0 saturated heterocycles. The quantitative estimate of drug-likeness (QED) is 0.612. The summed E-state index contributed by atoms with van der Waals surface area (Å²) in [4.78, 5) is 23.8. The van der Waals surface area contributed by atoms with Crippen molar-refractivity contribution in [3.05, 3.63) is 0 Å². The molecule has 0 heterocycles. The first kappa shape index (κ1) is 20.4. The van der Waals surface area contributed by atoms with Crippen molar-refractivity contribution in [3.63, 3.8) is 0 Å². The fourth-order valence-corrected chi connectivity index (χ4v) is 3.82. The number of ketones is 1. The molecule has 0 aliphatic heterocycles. The first-order valence-electron chi connectivity index (χ1n) is 10.1. The predicted molar refractivity (Wildman–Crippen MR) is 97.4 cm³/mol. The van der Waals surface area contributed by atoms with Gasteiger partial charge in [0.05, 0.1) is 12.2 Å². The van der Waals surface area contributed by atoms with Crippen LogP contribution < -0.4 is 5.32 Å². The monoisotopic (exact) mass is 353 g/mol. The third-order valence-corrected chi connectivity index (χ3v) is 5.40. The van der Waals surface area contributed by atoms with Gasteiger partial charge in [0, 0.05) is 37.5 Å². The van der Waals surface area contributed by atoms with Crippen molar-refractivity contribution in [2.24, 2.45) is 11.8 Å². The highest BCUT2D eigenvalue weighted by Crippen LogP contribution is 2.30. The van der Waals surface area contributed by atoms with E-state index in [1.54, 1.807) is 0 Å². The molecule has 25 heavy (non-hydrogen) atoms. The molecule has 1 amide bonds. The summed E-state index contributed by atoms with van der Waals surface area (Å²) in [6, 6.07) is 0.190. The predicted octanol–water partition coefficient (Wildman–Crippen LogP) is 3.25. The van der Waals surface area contributed by atoms with Gasteiger partial charge in [-0.15, -0.1) is 0 Å². The zero-order valence-corrected chi connectivity index (χ0v) is 16.1. The van der Waals surface area contributed by atoms with Crippen LogP contribution in [0.3, 0.4) is 0 Å². The normalized spacial score (nSPS) is 29.3. The minimum atomic E-state index is 0.0871. The maximum absolute atomic E-state index is 12.0. The second kappa shape index (κ2) is 10.3. The van der Waals surface area contributed by atoms with Crippen LogP contribution in [0.1, 0.15) is 72.1 Å². The Balaban J connectivity index is 1.48. The van der Waals surface area contributed by atoms with Crippen LogP contribution in [-0.2, 0) is 19.1 Å². The maximum Gasteiger partial charge on any atom is 0.220 e. The summed E-state index contributed by atoms with van der Waals surface area (Å²) < 4.78 is 11.5. The average molecular weight is 354 g/mol. The van der Waals surface area contributed by atoms with Gasteiger partial charge in [-0.25, -0.2) is 0 Å². The third-order valence-electron chi connectivity index (χ3n) is 5.40. The molecule has 1 N–H and O–H groups in total. The van der Waals surface area contributed by atoms with Crippen molar-refractivity contribution >= 4 is 11.7 Å². The Morgan fingerprint density at radius 2 is 1.64 bits per heavy atom. The van der Waals surface area contributed by atoms with E-state index in [0.717, 1.165) is 51.6 Å². The molecule has 2 fully saturated rings. The van der Waals surface area contributed by atoms with Crippen molar-refractivity contribution in [2.45, 2.75) is 90.4 Å². The Labute approximate surface area is 152 Å². The summed E-state index contributed by atoms with van der Waals surface area (Å²) in [5, 5.41) is 3.04. The molecule has 0 aromatic rings. The van der Waals surface area contributed by atoms with Crippen molar-refractivity contribution in [1.29, 1.82) is 0 Å². The Morgan fingerprint density at radius 3 is 2.20 bits per heavy atom. The third kappa shape index (κ3) is 6.70. The number of ether oxygens (including phenoxy) is 2. The number of nitrogens with one attached hydrogen (secondary N) is 1. The van der Waals surface area contributed by atoms with Crippen molar-refractivity contribution in [2.75, 3.05) is 13.2 Å². The van der Waals surface area contributed by atoms with E-state index in [2.05, 4.69) is 5.32 Å². The van der Waals surface area contributed by atoms with Crippen LogP contribution in [0.4, 0.5) is 0 Å². The minimum absolute atomic E-state index is 0.0871. The molecule has 0 aromatic carbocycles. The molecule has 2 aliphatic carbocycles. The molecule has 0 spiro atoms. The van der Waals surface area contributed by atoms with Crippen LogP contribution in [-0.4, -0.2) is 43.2 Å². The summed E-state index contributed by atoms with van der Waals surface area (Å²) >= 11 is 0. The molecule has 144 valence electrons. The Hall–Kier alpha value is -0.940. The summed E-state index contributed by atoms with van der Waals surface area (Å²) in [5.41, 5.74) is 0. The first-order chi connectivity index (χ1) is 12.0. The Bertz CT molecular complexity index is 423. The standard InChI is InChI=1S/C20H35NO4/c1-4-24-17-7-9-18(10-8-17)25-11-5-6-19(22)21-16-12-15(13-16)20(23)14(2)3/h14-18H,4-13H2,1-3H3,(H,21,22).